The molecule has 0 amide bonds. The Bertz CT molecular complexity index is 299. The molecule has 1 saturated heterocycles. The van der Waals surface area contributed by atoms with Gasteiger partial charge in [-0.3, -0.25) is 0 Å². The molecule has 1 aromatic heterocycles. The van der Waals surface area contributed by atoms with E-state index in [1.54, 1.807) is 0 Å². The van der Waals surface area contributed by atoms with Crippen molar-refractivity contribution < 1.29 is 0 Å². The fraction of sp³-hybridized carbons (Fsp3) is 0.600. The Balaban J connectivity index is 2.10. The molecular weight excluding hydrogens is 198 g/mol. The predicted octanol–water partition coefficient (Wildman–Crippen LogP) is 1.99. The molecule has 0 saturated carbocycles. The van der Waals surface area contributed by atoms with E-state index in [2.05, 4.69) is 14.9 Å². The number of hydrogen-bond acceptors (Lipinski definition) is 3. The van der Waals surface area contributed by atoms with Crippen molar-refractivity contribution >= 4 is 17.5 Å². The van der Waals surface area contributed by atoms with E-state index < -0.39 is 0 Å². The number of alkyl halides is 1. The molecule has 0 spiro atoms. The average Bonchev–Trinajstić information content (AvgIpc) is 2.19. The second kappa shape index (κ2) is 4.13. The molecule has 76 valence electrons. The third-order valence-corrected chi connectivity index (χ3v) is 2.77. The van der Waals surface area contributed by atoms with Crippen molar-refractivity contribution in [3.8, 4) is 0 Å². The molecule has 1 fully saturated rings. The van der Waals surface area contributed by atoms with Crippen molar-refractivity contribution in [2.75, 3.05) is 18.0 Å². The summed E-state index contributed by atoms with van der Waals surface area (Å²) in [7, 11) is 0. The molecule has 4 heteroatoms. The molecule has 0 aliphatic carbocycles. The Labute approximate surface area is 89.1 Å². The molecule has 1 aliphatic heterocycles. The Morgan fingerprint density at radius 2 is 2.14 bits per heavy atom. The third kappa shape index (κ3) is 2.15. The predicted molar refractivity (Wildman–Crippen MR) is 57.9 cm³/mol. The second-order valence-electron chi connectivity index (χ2n) is 3.75. The van der Waals surface area contributed by atoms with Crippen LogP contribution in [0.3, 0.4) is 0 Å². The van der Waals surface area contributed by atoms with E-state index in [1.807, 2.05) is 19.3 Å². The maximum atomic E-state index is 6.10. The lowest BCUT2D eigenvalue weighted by Gasteiger charge is -2.29. The number of aryl methyl sites for hydroxylation is 1. The van der Waals surface area contributed by atoms with Crippen molar-refractivity contribution in [1.82, 2.24) is 9.97 Å². The van der Waals surface area contributed by atoms with Gasteiger partial charge in [0, 0.05) is 25.5 Å². The smallest absolute Gasteiger partial charge is 0.225 e. The maximum absolute atomic E-state index is 6.10. The Hall–Kier alpha value is -0.830. The van der Waals surface area contributed by atoms with Gasteiger partial charge in [-0.25, -0.2) is 9.97 Å². The first-order valence-corrected chi connectivity index (χ1v) is 5.37. The molecule has 1 aliphatic rings. The highest BCUT2D eigenvalue weighted by molar-refractivity contribution is 6.21. The summed E-state index contributed by atoms with van der Waals surface area (Å²) < 4.78 is 0. The van der Waals surface area contributed by atoms with Gasteiger partial charge in [-0.2, -0.15) is 0 Å². The quantitative estimate of drug-likeness (QED) is 0.666. The van der Waals surface area contributed by atoms with E-state index >= 15 is 0 Å². The fourth-order valence-electron chi connectivity index (χ4n) is 1.66. The van der Waals surface area contributed by atoms with E-state index in [1.165, 1.54) is 0 Å². The van der Waals surface area contributed by atoms with Gasteiger partial charge in [0.2, 0.25) is 5.95 Å². The number of rotatable bonds is 1. The van der Waals surface area contributed by atoms with Crippen LogP contribution in [0.5, 0.6) is 0 Å². The Morgan fingerprint density at radius 3 is 2.79 bits per heavy atom. The molecule has 1 unspecified atom stereocenters. The SMILES string of the molecule is Cc1cnc(N2CCCC(Cl)C2)nc1. The van der Waals surface area contributed by atoms with Gasteiger partial charge < -0.3 is 4.90 Å². The minimum Gasteiger partial charge on any atom is -0.339 e. The van der Waals surface area contributed by atoms with Crippen LogP contribution in [0.1, 0.15) is 18.4 Å². The summed E-state index contributed by atoms with van der Waals surface area (Å²) in [6, 6.07) is 0. The van der Waals surface area contributed by atoms with Gasteiger partial charge in [0.25, 0.3) is 0 Å². The fourth-order valence-corrected chi connectivity index (χ4v) is 1.98. The molecule has 0 aromatic carbocycles. The summed E-state index contributed by atoms with van der Waals surface area (Å²) in [5, 5.41) is 0.244. The van der Waals surface area contributed by atoms with Gasteiger partial charge >= 0.3 is 0 Å². The molecule has 14 heavy (non-hydrogen) atoms. The highest BCUT2D eigenvalue weighted by Crippen LogP contribution is 2.18. The van der Waals surface area contributed by atoms with Crippen molar-refractivity contribution in [2.24, 2.45) is 0 Å². The third-order valence-electron chi connectivity index (χ3n) is 2.41. The minimum atomic E-state index is 0.244. The van der Waals surface area contributed by atoms with Gasteiger partial charge in [-0.1, -0.05) is 0 Å². The van der Waals surface area contributed by atoms with Crippen molar-refractivity contribution in [3.63, 3.8) is 0 Å². The number of hydrogen-bond donors (Lipinski definition) is 0. The molecular formula is C10H14ClN3. The van der Waals surface area contributed by atoms with Gasteiger partial charge in [0.05, 0.1) is 5.38 Å². The zero-order valence-electron chi connectivity index (χ0n) is 8.28. The Morgan fingerprint density at radius 1 is 1.43 bits per heavy atom. The zero-order chi connectivity index (χ0) is 9.97. The molecule has 0 bridgehead atoms. The van der Waals surface area contributed by atoms with E-state index in [0.29, 0.717) is 0 Å². The van der Waals surface area contributed by atoms with Crippen LogP contribution in [0.15, 0.2) is 12.4 Å². The second-order valence-corrected chi connectivity index (χ2v) is 4.36. The lowest BCUT2D eigenvalue weighted by atomic mass is 10.1. The van der Waals surface area contributed by atoms with E-state index in [4.69, 9.17) is 11.6 Å². The van der Waals surface area contributed by atoms with E-state index in [-0.39, 0.29) is 5.38 Å². The number of piperidine rings is 1. The number of anilines is 1. The summed E-state index contributed by atoms with van der Waals surface area (Å²) in [6.45, 7) is 3.88. The molecule has 0 radical (unpaired) electrons. The highest BCUT2D eigenvalue weighted by atomic mass is 35.5. The van der Waals surface area contributed by atoms with E-state index in [0.717, 1.165) is 37.4 Å². The summed E-state index contributed by atoms with van der Waals surface area (Å²) in [6.07, 6.45) is 5.93. The van der Waals surface area contributed by atoms with Crippen LogP contribution >= 0.6 is 11.6 Å². The first kappa shape index (κ1) is 9.71. The van der Waals surface area contributed by atoms with Crippen LogP contribution in [0.25, 0.3) is 0 Å². The van der Waals surface area contributed by atoms with Crippen molar-refractivity contribution in [2.45, 2.75) is 25.1 Å². The topological polar surface area (TPSA) is 29.0 Å². The van der Waals surface area contributed by atoms with Crippen molar-refractivity contribution in [3.05, 3.63) is 18.0 Å². The summed E-state index contributed by atoms with van der Waals surface area (Å²) >= 11 is 6.10. The lowest BCUT2D eigenvalue weighted by molar-refractivity contribution is 0.574. The monoisotopic (exact) mass is 211 g/mol. The number of halogens is 1. The first-order valence-electron chi connectivity index (χ1n) is 4.93. The first-order chi connectivity index (χ1) is 6.75. The maximum Gasteiger partial charge on any atom is 0.225 e. The lowest BCUT2D eigenvalue weighted by Crippen LogP contribution is -2.37. The summed E-state index contributed by atoms with van der Waals surface area (Å²) in [5.74, 6) is 0.806. The van der Waals surface area contributed by atoms with E-state index in [9.17, 15) is 0 Å². The van der Waals surface area contributed by atoms with Crippen LogP contribution in [-0.2, 0) is 0 Å². The molecule has 1 aromatic rings. The van der Waals surface area contributed by atoms with Crippen molar-refractivity contribution in [1.29, 1.82) is 0 Å². The average molecular weight is 212 g/mol. The van der Waals surface area contributed by atoms with Crippen LogP contribution in [0.2, 0.25) is 0 Å². The van der Waals surface area contributed by atoms with Crippen LogP contribution in [-0.4, -0.2) is 28.4 Å². The minimum absolute atomic E-state index is 0.244. The van der Waals surface area contributed by atoms with Crippen LogP contribution < -0.4 is 4.90 Å². The Kier molecular flexibility index (Phi) is 2.87. The number of nitrogens with zero attached hydrogens (tertiary/aromatic N) is 3. The number of aromatic nitrogens is 2. The largest absolute Gasteiger partial charge is 0.339 e. The normalized spacial score (nSPS) is 22.4. The molecule has 2 heterocycles. The standard InChI is InChI=1S/C10H14ClN3/c1-8-5-12-10(13-6-8)14-4-2-3-9(11)7-14/h5-6,9H,2-4,7H2,1H3. The summed E-state index contributed by atoms with van der Waals surface area (Å²) in [5.41, 5.74) is 1.09. The highest BCUT2D eigenvalue weighted by Gasteiger charge is 2.19. The molecule has 2 rings (SSSR count). The van der Waals surface area contributed by atoms with Gasteiger partial charge in [-0.15, -0.1) is 11.6 Å². The molecule has 1 atom stereocenters. The molecule has 3 nitrogen and oxygen atoms in total. The van der Waals surface area contributed by atoms with Gasteiger partial charge in [0.15, 0.2) is 0 Å². The molecule has 0 N–H and O–H groups in total. The van der Waals surface area contributed by atoms with Gasteiger partial charge in [0.1, 0.15) is 0 Å². The van der Waals surface area contributed by atoms with Crippen LogP contribution in [0, 0.1) is 6.92 Å². The summed E-state index contributed by atoms with van der Waals surface area (Å²) in [4.78, 5) is 10.7. The van der Waals surface area contributed by atoms with Gasteiger partial charge in [-0.05, 0) is 25.3 Å². The zero-order valence-corrected chi connectivity index (χ0v) is 9.04. The van der Waals surface area contributed by atoms with Crippen LogP contribution in [0.4, 0.5) is 5.95 Å².